The van der Waals surface area contributed by atoms with Crippen molar-refractivity contribution in [1.29, 1.82) is 0 Å². The van der Waals surface area contributed by atoms with Gasteiger partial charge in [-0.2, -0.15) is 4.31 Å². The van der Waals surface area contributed by atoms with Crippen LogP contribution in [0.4, 0.5) is 0 Å². The van der Waals surface area contributed by atoms with Crippen LogP contribution < -0.4 is 5.11 Å². The Labute approximate surface area is 111 Å². The van der Waals surface area contributed by atoms with Gasteiger partial charge < -0.3 is 14.4 Å². The standard InChI is InChI=1S/C11H16N2O5S/c1-7-10(8(2)18-12-7)19(16,17)13-5-3-9(4-6-13)11(14)15/h9H,3-6H2,1-2H3,(H,14,15)/p-1. The topological polar surface area (TPSA) is 104 Å². The minimum absolute atomic E-state index is 0.0828. The number of aryl methyl sites for hydroxylation is 2. The molecular weight excluding hydrogens is 272 g/mol. The first kappa shape index (κ1) is 14.0. The van der Waals surface area contributed by atoms with Gasteiger partial charge in [-0.15, -0.1) is 0 Å². The quantitative estimate of drug-likeness (QED) is 0.738. The number of aliphatic carboxylic acids is 1. The molecule has 1 fully saturated rings. The van der Waals surface area contributed by atoms with Gasteiger partial charge in [-0.05, 0) is 26.7 Å². The zero-order valence-corrected chi connectivity index (χ0v) is 11.6. The van der Waals surface area contributed by atoms with Crippen molar-refractivity contribution in [2.24, 2.45) is 5.92 Å². The average Bonchev–Trinajstić information content (AvgIpc) is 2.69. The third kappa shape index (κ3) is 2.50. The molecule has 0 saturated carbocycles. The molecule has 1 saturated heterocycles. The Kier molecular flexibility index (Phi) is 3.64. The smallest absolute Gasteiger partial charge is 0.248 e. The minimum atomic E-state index is -3.67. The highest BCUT2D eigenvalue weighted by atomic mass is 32.2. The number of hydrogen-bond acceptors (Lipinski definition) is 6. The Morgan fingerprint density at radius 2 is 1.95 bits per heavy atom. The van der Waals surface area contributed by atoms with Crippen LogP contribution in [0.25, 0.3) is 0 Å². The summed E-state index contributed by atoms with van der Waals surface area (Å²) in [6.07, 6.45) is 0.538. The van der Waals surface area contributed by atoms with Gasteiger partial charge in [0.1, 0.15) is 10.6 Å². The zero-order chi connectivity index (χ0) is 14.2. The summed E-state index contributed by atoms with van der Waals surface area (Å²) in [6, 6.07) is 0. The van der Waals surface area contributed by atoms with E-state index < -0.39 is 21.9 Å². The van der Waals surface area contributed by atoms with Gasteiger partial charge in [-0.25, -0.2) is 8.42 Å². The fourth-order valence-corrected chi connectivity index (χ4v) is 4.06. The molecule has 0 radical (unpaired) electrons. The van der Waals surface area contributed by atoms with E-state index in [0.717, 1.165) is 0 Å². The predicted molar refractivity (Wildman–Crippen MR) is 62.5 cm³/mol. The van der Waals surface area contributed by atoms with E-state index in [2.05, 4.69) is 5.16 Å². The van der Waals surface area contributed by atoms with Crippen molar-refractivity contribution in [2.45, 2.75) is 31.6 Å². The molecule has 0 N–H and O–H groups in total. The number of piperidine rings is 1. The van der Waals surface area contributed by atoms with Crippen molar-refractivity contribution in [3.05, 3.63) is 11.5 Å². The SMILES string of the molecule is Cc1noc(C)c1S(=O)(=O)N1CCC(C(=O)[O-])CC1. The molecule has 8 heteroatoms. The van der Waals surface area contributed by atoms with Crippen molar-refractivity contribution in [1.82, 2.24) is 9.46 Å². The number of sulfonamides is 1. The molecule has 1 aliphatic rings. The van der Waals surface area contributed by atoms with Gasteiger partial charge in [0.15, 0.2) is 5.76 Å². The normalized spacial score (nSPS) is 18.6. The highest BCUT2D eigenvalue weighted by Crippen LogP contribution is 2.27. The molecule has 2 rings (SSSR count). The molecule has 7 nitrogen and oxygen atoms in total. The number of carboxylic acids is 1. The van der Waals surface area contributed by atoms with Crippen LogP contribution in [-0.4, -0.2) is 36.9 Å². The lowest BCUT2D eigenvalue weighted by Gasteiger charge is -2.31. The maximum Gasteiger partial charge on any atom is 0.248 e. The lowest BCUT2D eigenvalue weighted by Crippen LogP contribution is -2.43. The number of rotatable bonds is 3. The molecule has 0 amide bonds. The second-order valence-corrected chi connectivity index (χ2v) is 6.53. The number of aromatic nitrogens is 1. The van der Waals surface area contributed by atoms with Gasteiger partial charge >= 0.3 is 0 Å². The van der Waals surface area contributed by atoms with E-state index in [1.54, 1.807) is 13.8 Å². The summed E-state index contributed by atoms with van der Waals surface area (Å²) in [6.45, 7) is 3.45. The molecule has 1 aromatic rings. The third-order valence-electron chi connectivity index (χ3n) is 3.35. The molecule has 0 aromatic carbocycles. The first-order valence-corrected chi connectivity index (χ1v) is 7.42. The number of carbonyl (C=O) groups excluding carboxylic acids is 1. The molecule has 0 bridgehead atoms. The first-order valence-electron chi connectivity index (χ1n) is 5.98. The van der Waals surface area contributed by atoms with Crippen LogP contribution in [0.2, 0.25) is 0 Å². The molecular formula is C11H15N2O5S-. The molecule has 1 aromatic heterocycles. The molecule has 0 spiro atoms. The van der Waals surface area contributed by atoms with Crippen molar-refractivity contribution >= 4 is 16.0 Å². The van der Waals surface area contributed by atoms with Crippen LogP contribution in [-0.2, 0) is 14.8 Å². The fourth-order valence-electron chi connectivity index (χ4n) is 2.30. The summed E-state index contributed by atoms with van der Waals surface area (Å²) < 4.78 is 31.0. The molecule has 2 heterocycles. The van der Waals surface area contributed by atoms with Gasteiger partial charge in [0.25, 0.3) is 0 Å². The minimum Gasteiger partial charge on any atom is -0.550 e. The maximum absolute atomic E-state index is 12.4. The van der Waals surface area contributed by atoms with E-state index in [0.29, 0.717) is 5.69 Å². The summed E-state index contributed by atoms with van der Waals surface area (Å²) in [5.41, 5.74) is 0.319. The summed E-state index contributed by atoms with van der Waals surface area (Å²) >= 11 is 0. The summed E-state index contributed by atoms with van der Waals surface area (Å²) in [5, 5.41) is 14.4. The van der Waals surface area contributed by atoms with Crippen molar-refractivity contribution in [3.63, 3.8) is 0 Å². The van der Waals surface area contributed by atoms with Crippen molar-refractivity contribution in [2.75, 3.05) is 13.1 Å². The predicted octanol–water partition coefficient (Wildman–Crippen LogP) is -0.558. The highest BCUT2D eigenvalue weighted by molar-refractivity contribution is 7.89. The van der Waals surface area contributed by atoms with E-state index in [4.69, 9.17) is 4.52 Å². The van der Waals surface area contributed by atoms with Gasteiger partial charge in [0, 0.05) is 25.0 Å². The Balaban J connectivity index is 2.21. The average molecular weight is 287 g/mol. The highest BCUT2D eigenvalue weighted by Gasteiger charge is 2.33. The summed E-state index contributed by atoms with van der Waals surface area (Å²) in [5.74, 6) is -1.44. The zero-order valence-electron chi connectivity index (χ0n) is 10.7. The molecule has 1 aliphatic heterocycles. The molecule has 106 valence electrons. The van der Waals surface area contributed by atoms with Crippen LogP contribution in [0.1, 0.15) is 24.3 Å². The maximum atomic E-state index is 12.4. The largest absolute Gasteiger partial charge is 0.550 e. The Morgan fingerprint density at radius 1 is 1.37 bits per heavy atom. The van der Waals surface area contributed by atoms with Crippen molar-refractivity contribution in [3.8, 4) is 0 Å². The second-order valence-electron chi connectivity index (χ2n) is 4.65. The van der Waals surface area contributed by atoms with Crippen LogP contribution in [0, 0.1) is 19.8 Å². The monoisotopic (exact) mass is 287 g/mol. The molecule has 19 heavy (non-hydrogen) atoms. The molecule has 0 unspecified atom stereocenters. The summed E-state index contributed by atoms with van der Waals surface area (Å²) in [4.78, 5) is 10.8. The van der Waals surface area contributed by atoms with E-state index in [1.807, 2.05) is 0 Å². The molecule has 0 atom stereocenters. The molecule has 0 aliphatic carbocycles. The van der Waals surface area contributed by atoms with Gasteiger partial charge in [-0.3, -0.25) is 0 Å². The van der Waals surface area contributed by atoms with Gasteiger partial charge in [0.05, 0.1) is 0 Å². The van der Waals surface area contributed by atoms with E-state index in [9.17, 15) is 18.3 Å². The van der Waals surface area contributed by atoms with Crippen LogP contribution in [0.15, 0.2) is 9.42 Å². The van der Waals surface area contributed by atoms with Crippen LogP contribution >= 0.6 is 0 Å². The number of carboxylic acid groups (broad SMARTS) is 1. The first-order chi connectivity index (χ1) is 8.84. The number of nitrogens with zero attached hydrogens (tertiary/aromatic N) is 2. The summed E-state index contributed by atoms with van der Waals surface area (Å²) in [7, 11) is -3.67. The number of hydrogen-bond donors (Lipinski definition) is 0. The lowest BCUT2D eigenvalue weighted by molar-refractivity contribution is -0.312. The Bertz CT molecular complexity index is 565. The van der Waals surface area contributed by atoms with E-state index >= 15 is 0 Å². The van der Waals surface area contributed by atoms with Gasteiger partial charge in [0.2, 0.25) is 10.0 Å². The van der Waals surface area contributed by atoms with E-state index in [1.165, 1.54) is 4.31 Å². The fraction of sp³-hybridized carbons (Fsp3) is 0.636. The van der Waals surface area contributed by atoms with Crippen molar-refractivity contribution < 1.29 is 22.8 Å². The Morgan fingerprint density at radius 3 is 2.37 bits per heavy atom. The van der Waals surface area contributed by atoms with Crippen LogP contribution in [0.5, 0.6) is 0 Å². The second kappa shape index (κ2) is 4.93. The number of carbonyl (C=O) groups is 1. The van der Waals surface area contributed by atoms with Gasteiger partial charge in [-0.1, -0.05) is 5.16 Å². The van der Waals surface area contributed by atoms with E-state index in [-0.39, 0.29) is 36.6 Å². The third-order valence-corrected chi connectivity index (χ3v) is 5.50. The lowest BCUT2D eigenvalue weighted by atomic mass is 9.99. The van der Waals surface area contributed by atoms with Crippen LogP contribution in [0.3, 0.4) is 0 Å². The Hall–Kier alpha value is -1.41.